The van der Waals surface area contributed by atoms with Crippen molar-refractivity contribution in [2.75, 3.05) is 19.8 Å². The van der Waals surface area contributed by atoms with Gasteiger partial charge in [0.2, 0.25) is 5.91 Å². The van der Waals surface area contributed by atoms with Crippen LogP contribution in [0.3, 0.4) is 0 Å². The van der Waals surface area contributed by atoms with Crippen molar-refractivity contribution in [3.05, 3.63) is 0 Å². The molecule has 1 aliphatic rings. The van der Waals surface area contributed by atoms with Gasteiger partial charge in [-0.05, 0) is 12.8 Å². The van der Waals surface area contributed by atoms with Crippen LogP contribution in [-0.2, 0) is 19.1 Å². The van der Waals surface area contributed by atoms with Gasteiger partial charge in [-0.1, -0.05) is 0 Å². The standard InChI is InChI=1S/C10H17NO5/c1-7(12)11-9(10(13)14)6-15-5-8-3-2-4-16-8/h8-9H,2-6H2,1H3,(H,11,12)(H,13,14). The highest BCUT2D eigenvalue weighted by Crippen LogP contribution is 2.11. The Bertz CT molecular complexity index is 250. The van der Waals surface area contributed by atoms with Crippen molar-refractivity contribution >= 4 is 11.9 Å². The lowest BCUT2D eigenvalue weighted by Crippen LogP contribution is -2.43. The van der Waals surface area contributed by atoms with Gasteiger partial charge >= 0.3 is 5.97 Å². The molecule has 1 saturated heterocycles. The van der Waals surface area contributed by atoms with Gasteiger partial charge in [0, 0.05) is 13.5 Å². The molecule has 1 aliphatic heterocycles. The number of carbonyl (C=O) groups is 2. The maximum Gasteiger partial charge on any atom is 0.328 e. The predicted octanol–water partition coefficient (Wildman–Crippen LogP) is -0.229. The Labute approximate surface area is 93.9 Å². The second-order valence-corrected chi connectivity index (χ2v) is 3.76. The second-order valence-electron chi connectivity index (χ2n) is 3.76. The van der Waals surface area contributed by atoms with E-state index in [1.54, 1.807) is 0 Å². The fraction of sp³-hybridized carbons (Fsp3) is 0.800. The Balaban J connectivity index is 2.21. The Morgan fingerprint density at radius 1 is 1.62 bits per heavy atom. The lowest BCUT2D eigenvalue weighted by Gasteiger charge is -2.15. The molecule has 0 saturated carbocycles. The predicted molar refractivity (Wildman–Crippen MR) is 55.0 cm³/mol. The summed E-state index contributed by atoms with van der Waals surface area (Å²) in [6.07, 6.45) is 2.02. The lowest BCUT2D eigenvalue weighted by atomic mass is 10.2. The van der Waals surface area contributed by atoms with Gasteiger partial charge in [0.25, 0.3) is 0 Å². The van der Waals surface area contributed by atoms with E-state index < -0.39 is 12.0 Å². The summed E-state index contributed by atoms with van der Waals surface area (Å²) in [7, 11) is 0. The molecule has 2 unspecified atom stereocenters. The number of carboxylic acid groups (broad SMARTS) is 1. The van der Waals surface area contributed by atoms with Crippen LogP contribution in [0.4, 0.5) is 0 Å². The molecule has 0 bridgehead atoms. The number of carbonyl (C=O) groups excluding carboxylic acids is 1. The molecule has 0 aliphatic carbocycles. The first-order chi connectivity index (χ1) is 7.59. The third kappa shape index (κ3) is 4.59. The Morgan fingerprint density at radius 3 is 2.88 bits per heavy atom. The number of ether oxygens (including phenoxy) is 2. The third-order valence-corrected chi connectivity index (χ3v) is 2.29. The van der Waals surface area contributed by atoms with Crippen LogP contribution in [0.1, 0.15) is 19.8 Å². The average molecular weight is 231 g/mol. The zero-order chi connectivity index (χ0) is 12.0. The quantitative estimate of drug-likeness (QED) is 0.659. The van der Waals surface area contributed by atoms with E-state index in [0.717, 1.165) is 19.4 Å². The molecule has 6 nitrogen and oxygen atoms in total. The normalized spacial score (nSPS) is 21.7. The largest absolute Gasteiger partial charge is 0.480 e. The fourth-order valence-corrected chi connectivity index (χ4v) is 1.51. The lowest BCUT2D eigenvalue weighted by molar-refractivity contribution is -0.143. The first-order valence-corrected chi connectivity index (χ1v) is 5.29. The third-order valence-electron chi connectivity index (χ3n) is 2.29. The average Bonchev–Trinajstić information content (AvgIpc) is 2.68. The number of hydrogen-bond donors (Lipinski definition) is 2. The van der Waals surface area contributed by atoms with Crippen molar-refractivity contribution in [3.8, 4) is 0 Å². The van der Waals surface area contributed by atoms with Crippen molar-refractivity contribution in [1.82, 2.24) is 5.32 Å². The Morgan fingerprint density at radius 2 is 2.38 bits per heavy atom. The van der Waals surface area contributed by atoms with E-state index in [-0.39, 0.29) is 18.6 Å². The molecule has 6 heteroatoms. The maximum atomic E-state index is 10.7. The first kappa shape index (κ1) is 12.9. The van der Waals surface area contributed by atoms with Crippen molar-refractivity contribution in [2.45, 2.75) is 31.9 Å². The Hall–Kier alpha value is -1.14. The molecule has 2 N–H and O–H groups in total. The van der Waals surface area contributed by atoms with Crippen LogP contribution < -0.4 is 5.32 Å². The Kier molecular flexibility index (Phi) is 5.21. The molecule has 16 heavy (non-hydrogen) atoms. The summed E-state index contributed by atoms with van der Waals surface area (Å²) in [4.78, 5) is 21.5. The summed E-state index contributed by atoms with van der Waals surface area (Å²) in [6.45, 7) is 2.36. The summed E-state index contributed by atoms with van der Waals surface area (Å²) in [6, 6.07) is -0.987. The van der Waals surface area contributed by atoms with Crippen LogP contribution in [0.15, 0.2) is 0 Å². The highest BCUT2D eigenvalue weighted by Gasteiger charge is 2.20. The molecule has 1 rings (SSSR count). The van der Waals surface area contributed by atoms with E-state index in [4.69, 9.17) is 14.6 Å². The minimum atomic E-state index is -1.09. The molecule has 0 aromatic heterocycles. The van der Waals surface area contributed by atoms with Gasteiger partial charge in [-0.2, -0.15) is 0 Å². The zero-order valence-electron chi connectivity index (χ0n) is 9.27. The molecule has 1 heterocycles. The van der Waals surface area contributed by atoms with Gasteiger partial charge in [0.15, 0.2) is 6.04 Å². The summed E-state index contributed by atoms with van der Waals surface area (Å²) in [5, 5.41) is 11.1. The molecular formula is C10H17NO5. The minimum absolute atomic E-state index is 0.0330. The molecule has 1 fully saturated rings. The summed E-state index contributed by atoms with van der Waals surface area (Å²) in [5.41, 5.74) is 0. The summed E-state index contributed by atoms with van der Waals surface area (Å²) >= 11 is 0. The molecular weight excluding hydrogens is 214 g/mol. The summed E-state index contributed by atoms with van der Waals surface area (Å²) in [5.74, 6) is -1.48. The smallest absolute Gasteiger partial charge is 0.328 e. The molecule has 1 amide bonds. The maximum absolute atomic E-state index is 10.7. The van der Waals surface area contributed by atoms with Gasteiger partial charge in [-0.25, -0.2) is 4.79 Å². The van der Waals surface area contributed by atoms with E-state index in [1.807, 2.05) is 0 Å². The SMILES string of the molecule is CC(=O)NC(COCC1CCCO1)C(=O)O. The van der Waals surface area contributed by atoms with Gasteiger partial charge in [0.05, 0.1) is 19.3 Å². The van der Waals surface area contributed by atoms with E-state index in [9.17, 15) is 9.59 Å². The molecule has 0 spiro atoms. The van der Waals surface area contributed by atoms with Crippen LogP contribution in [0.5, 0.6) is 0 Å². The molecule has 0 aromatic rings. The van der Waals surface area contributed by atoms with Gasteiger partial charge in [-0.15, -0.1) is 0 Å². The molecule has 0 radical (unpaired) electrons. The minimum Gasteiger partial charge on any atom is -0.480 e. The second kappa shape index (κ2) is 6.44. The molecule has 0 aromatic carbocycles. The van der Waals surface area contributed by atoms with Gasteiger partial charge < -0.3 is 19.9 Å². The van der Waals surface area contributed by atoms with Crippen LogP contribution >= 0.6 is 0 Å². The van der Waals surface area contributed by atoms with Crippen LogP contribution in [0.25, 0.3) is 0 Å². The van der Waals surface area contributed by atoms with E-state index >= 15 is 0 Å². The van der Waals surface area contributed by atoms with Gasteiger partial charge in [0.1, 0.15) is 0 Å². The van der Waals surface area contributed by atoms with Crippen LogP contribution in [0, 0.1) is 0 Å². The van der Waals surface area contributed by atoms with E-state index in [1.165, 1.54) is 6.92 Å². The van der Waals surface area contributed by atoms with Crippen molar-refractivity contribution in [3.63, 3.8) is 0 Å². The zero-order valence-corrected chi connectivity index (χ0v) is 9.27. The number of aliphatic carboxylic acids is 1. The van der Waals surface area contributed by atoms with Crippen LogP contribution in [0.2, 0.25) is 0 Å². The highest BCUT2D eigenvalue weighted by molar-refractivity contribution is 5.82. The number of carboxylic acids is 1. The number of rotatable bonds is 6. The number of nitrogens with one attached hydrogen (secondary N) is 1. The van der Waals surface area contributed by atoms with E-state index in [0.29, 0.717) is 6.61 Å². The topological polar surface area (TPSA) is 84.9 Å². The van der Waals surface area contributed by atoms with Crippen LogP contribution in [-0.4, -0.2) is 48.9 Å². The summed E-state index contributed by atoms with van der Waals surface area (Å²) < 4.78 is 10.5. The van der Waals surface area contributed by atoms with Crippen molar-refractivity contribution in [2.24, 2.45) is 0 Å². The monoisotopic (exact) mass is 231 g/mol. The van der Waals surface area contributed by atoms with Crippen molar-refractivity contribution in [1.29, 1.82) is 0 Å². The molecule has 92 valence electrons. The fourth-order valence-electron chi connectivity index (χ4n) is 1.51. The number of amides is 1. The van der Waals surface area contributed by atoms with Gasteiger partial charge in [-0.3, -0.25) is 4.79 Å². The van der Waals surface area contributed by atoms with Crippen molar-refractivity contribution < 1.29 is 24.2 Å². The number of hydrogen-bond acceptors (Lipinski definition) is 4. The van der Waals surface area contributed by atoms with E-state index in [2.05, 4.69) is 5.32 Å². The molecule has 2 atom stereocenters. The first-order valence-electron chi connectivity index (χ1n) is 5.29. The highest BCUT2D eigenvalue weighted by atomic mass is 16.5.